The molecule has 138 valence electrons. The number of nitrogens with zero attached hydrogens (tertiary/aromatic N) is 4. The fourth-order valence-corrected chi connectivity index (χ4v) is 2.42. The highest BCUT2D eigenvalue weighted by Gasteiger charge is 2.09. The van der Waals surface area contributed by atoms with Crippen LogP contribution >= 0.6 is 0 Å². The molecule has 1 N–H and O–H groups in total. The zero-order chi connectivity index (χ0) is 18.8. The molecule has 1 aliphatic rings. The molecule has 0 spiro atoms. The quantitative estimate of drug-likeness (QED) is 0.684. The highest BCUT2D eigenvalue weighted by atomic mass is 15.4. The van der Waals surface area contributed by atoms with Gasteiger partial charge in [-0.3, -0.25) is 5.01 Å². The number of anilines is 1. The number of hydrogen-bond acceptors (Lipinski definition) is 5. The van der Waals surface area contributed by atoms with Crippen LogP contribution in [0.5, 0.6) is 0 Å². The molecular weight excluding hydrogens is 322 g/mol. The van der Waals surface area contributed by atoms with Crippen LogP contribution in [0, 0.1) is 0 Å². The monoisotopic (exact) mass is 351 g/mol. The summed E-state index contributed by atoms with van der Waals surface area (Å²) in [5.74, 6) is 0.614. The van der Waals surface area contributed by atoms with Crippen LogP contribution in [0.1, 0.15) is 46.2 Å². The van der Waals surface area contributed by atoms with Gasteiger partial charge in [0.05, 0.1) is 18.5 Å². The number of rotatable bonds is 8. The van der Waals surface area contributed by atoms with Gasteiger partial charge in [-0.15, -0.1) is 0 Å². The van der Waals surface area contributed by atoms with E-state index < -0.39 is 0 Å². The molecule has 2 heterocycles. The summed E-state index contributed by atoms with van der Waals surface area (Å²) in [6, 6.07) is 1.92. The molecule has 0 fully saturated rings. The highest BCUT2D eigenvalue weighted by molar-refractivity contribution is 6.09. The third-order valence-corrected chi connectivity index (χ3v) is 3.93. The van der Waals surface area contributed by atoms with Crippen molar-refractivity contribution in [1.29, 1.82) is 0 Å². The first-order valence-electron chi connectivity index (χ1n) is 9.15. The molecule has 1 aromatic rings. The van der Waals surface area contributed by atoms with Crippen LogP contribution in [0.2, 0.25) is 0 Å². The van der Waals surface area contributed by atoms with Crippen molar-refractivity contribution in [3.8, 4) is 0 Å². The third kappa shape index (κ3) is 6.31. The molecule has 2 rings (SSSR count). The van der Waals surface area contributed by atoms with E-state index in [1.54, 1.807) is 6.20 Å². The Morgan fingerprint density at radius 1 is 1.31 bits per heavy atom. The van der Waals surface area contributed by atoms with E-state index >= 15 is 0 Å². The van der Waals surface area contributed by atoms with Crippen molar-refractivity contribution >= 4 is 17.7 Å². The Labute approximate surface area is 156 Å². The molecule has 5 heteroatoms. The second-order valence-electron chi connectivity index (χ2n) is 6.32. The molecule has 0 atom stereocenters. The average molecular weight is 351 g/mol. The molecule has 0 saturated heterocycles. The lowest BCUT2D eigenvalue weighted by atomic mass is 10.1. The molecular formula is C21H29N5. The third-order valence-electron chi connectivity index (χ3n) is 3.93. The summed E-state index contributed by atoms with van der Waals surface area (Å²) < 4.78 is 0. The predicted octanol–water partition coefficient (Wildman–Crippen LogP) is 4.80. The van der Waals surface area contributed by atoms with Gasteiger partial charge in [-0.25, -0.2) is 9.97 Å². The Balaban J connectivity index is 2.13. The Morgan fingerprint density at radius 3 is 2.81 bits per heavy atom. The van der Waals surface area contributed by atoms with Crippen LogP contribution in [0.15, 0.2) is 59.0 Å². The van der Waals surface area contributed by atoms with Gasteiger partial charge in [-0.1, -0.05) is 36.0 Å². The van der Waals surface area contributed by atoms with Gasteiger partial charge < -0.3 is 5.32 Å². The lowest BCUT2D eigenvalue weighted by Crippen LogP contribution is -2.20. The van der Waals surface area contributed by atoms with Gasteiger partial charge in [0.15, 0.2) is 0 Å². The normalized spacial score (nSPS) is 14.5. The van der Waals surface area contributed by atoms with E-state index in [0.29, 0.717) is 5.95 Å². The molecule has 0 bridgehead atoms. The van der Waals surface area contributed by atoms with Crippen LogP contribution in [0.3, 0.4) is 0 Å². The number of hydrogen-bond donors (Lipinski definition) is 1. The van der Waals surface area contributed by atoms with Gasteiger partial charge in [0, 0.05) is 30.4 Å². The summed E-state index contributed by atoms with van der Waals surface area (Å²) in [6.45, 7) is 10.1. The van der Waals surface area contributed by atoms with E-state index in [0.717, 1.165) is 42.9 Å². The van der Waals surface area contributed by atoms with E-state index in [1.807, 2.05) is 24.2 Å². The Morgan fingerprint density at radius 2 is 2.15 bits per heavy atom. The van der Waals surface area contributed by atoms with Crippen molar-refractivity contribution in [3.63, 3.8) is 0 Å². The number of aromatic nitrogens is 2. The van der Waals surface area contributed by atoms with Crippen LogP contribution in [0.4, 0.5) is 5.95 Å². The summed E-state index contributed by atoms with van der Waals surface area (Å²) in [4.78, 5) is 9.03. The van der Waals surface area contributed by atoms with Crippen molar-refractivity contribution in [1.82, 2.24) is 15.0 Å². The standard InChI is InChI=1S/C21H29N5/c1-5-7-10-19(11-8-9-17(3)4)24-21-22-14-12-20(25-21)18-13-15-26(6-2)23-16-18/h5,7,9,11-14,16H,6,8,10,15H2,1-4H3,(H,22,24,25)/b7-5-,19-11+. The molecule has 26 heavy (non-hydrogen) atoms. The molecule has 1 aromatic heterocycles. The topological polar surface area (TPSA) is 53.4 Å². The van der Waals surface area contributed by atoms with Gasteiger partial charge in [0.1, 0.15) is 0 Å². The number of hydrazone groups is 1. The fourth-order valence-electron chi connectivity index (χ4n) is 2.42. The smallest absolute Gasteiger partial charge is 0.227 e. The minimum atomic E-state index is 0.614. The molecule has 0 unspecified atom stereocenters. The minimum Gasteiger partial charge on any atom is -0.328 e. The van der Waals surface area contributed by atoms with E-state index in [1.165, 1.54) is 5.57 Å². The first kappa shape index (κ1) is 19.6. The van der Waals surface area contributed by atoms with E-state index in [9.17, 15) is 0 Å². The maximum absolute atomic E-state index is 4.66. The molecule has 0 amide bonds. The zero-order valence-electron chi connectivity index (χ0n) is 16.2. The molecule has 0 aromatic carbocycles. The molecule has 0 aliphatic carbocycles. The lowest BCUT2D eigenvalue weighted by Gasteiger charge is -2.19. The maximum Gasteiger partial charge on any atom is 0.227 e. The summed E-state index contributed by atoms with van der Waals surface area (Å²) in [7, 11) is 0. The SMILES string of the molecule is C/C=C\C/C(=C\CC=C(C)C)Nc1nccc(C2=CCN(CC)N=C2)n1. The maximum atomic E-state index is 4.66. The number of likely N-dealkylation sites (N-methyl/N-ethyl adjacent to an activating group) is 1. The predicted molar refractivity (Wildman–Crippen MR) is 111 cm³/mol. The summed E-state index contributed by atoms with van der Waals surface area (Å²) in [5.41, 5.74) is 4.33. The van der Waals surface area contributed by atoms with Gasteiger partial charge >= 0.3 is 0 Å². The van der Waals surface area contributed by atoms with Gasteiger partial charge in [0.2, 0.25) is 5.95 Å². The van der Waals surface area contributed by atoms with E-state index in [-0.39, 0.29) is 0 Å². The van der Waals surface area contributed by atoms with E-state index in [2.05, 4.69) is 71.5 Å². The fraction of sp³-hybridized carbons (Fsp3) is 0.381. The van der Waals surface area contributed by atoms with Crippen molar-refractivity contribution in [2.45, 2.75) is 40.5 Å². The van der Waals surface area contributed by atoms with Crippen LogP contribution in [-0.2, 0) is 0 Å². The second kappa shape index (κ2) is 10.3. The molecule has 1 aliphatic heterocycles. The Kier molecular flexibility index (Phi) is 7.80. The molecule has 0 saturated carbocycles. The Hall–Kier alpha value is -2.69. The molecule has 5 nitrogen and oxygen atoms in total. The first-order chi connectivity index (χ1) is 12.6. The first-order valence-corrected chi connectivity index (χ1v) is 9.15. The van der Waals surface area contributed by atoms with Gasteiger partial charge in [-0.2, -0.15) is 5.10 Å². The molecule has 0 radical (unpaired) electrons. The number of nitrogens with one attached hydrogen (secondary N) is 1. The largest absolute Gasteiger partial charge is 0.328 e. The second-order valence-corrected chi connectivity index (χ2v) is 6.32. The van der Waals surface area contributed by atoms with Crippen LogP contribution < -0.4 is 5.32 Å². The zero-order valence-corrected chi connectivity index (χ0v) is 16.2. The van der Waals surface area contributed by atoms with Crippen LogP contribution in [0.25, 0.3) is 5.57 Å². The van der Waals surface area contributed by atoms with Crippen molar-refractivity contribution < 1.29 is 0 Å². The van der Waals surface area contributed by atoms with Gasteiger partial charge in [0.25, 0.3) is 0 Å². The average Bonchev–Trinajstić information content (AvgIpc) is 2.66. The minimum absolute atomic E-state index is 0.614. The lowest BCUT2D eigenvalue weighted by molar-refractivity contribution is 0.338. The van der Waals surface area contributed by atoms with E-state index in [4.69, 9.17) is 0 Å². The Bertz CT molecular complexity index is 737. The van der Waals surface area contributed by atoms with Crippen molar-refractivity contribution in [2.75, 3.05) is 18.4 Å². The van der Waals surface area contributed by atoms with Crippen LogP contribution in [-0.4, -0.2) is 34.3 Å². The highest BCUT2D eigenvalue weighted by Crippen LogP contribution is 2.16. The van der Waals surface area contributed by atoms with Crippen molar-refractivity contribution in [3.05, 3.63) is 59.6 Å². The number of allylic oxidation sites excluding steroid dienone is 6. The van der Waals surface area contributed by atoms with Gasteiger partial charge in [-0.05, 0) is 40.2 Å². The van der Waals surface area contributed by atoms with Crippen molar-refractivity contribution in [2.24, 2.45) is 5.10 Å². The summed E-state index contributed by atoms with van der Waals surface area (Å²) in [6.07, 6.45) is 16.1. The summed E-state index contributed by atoms with van der Waals surface area (Å²) >= 11 is 0. The summed E-state index contributed by atoms with van der Waals surface area (Å²) in [5, 5.41) is 9.79.